The summed E-state index contributed by atoms with van der Waals surface area (Å²) in [4.78, 5) is 23.9. The van der Waals surface area contributed by atoms with E-state index in [1.165, 1.54) is 4.68 Å². The molecule has 2 N–H and O–H groups in total. The average Bonchev–Trinajstić information content (AvgIpc) is 2.33. The lowest BCUT2D eigenvalue weighted by Gasteiger charge is -2.17. The zero-order valence-corrected chi connectivity index (χ0v) is 9.68. The SMILES string of the molecule is CC(O)C(C)n1[nH]c(=O)c2ccccc2c1=O. The molecule has 5 nitrogen and oxygen atoms in total. The number of rotatable bonds is 2. The van der Waals surface area contributed by atoms with Crippen LogP contribution in [0.3, 0.4) is 0 Å². The van der Waals surface area contributed by atoms with E-state index in [2.05, 4.69) is 5.10 Å². The highest BCUT2D eigenvalue weighted by Gasteiger charge is 2.15. The molecule has 2 aromatic rings. The smallest absolute Gasteiger partial charge is 0.273 e. The Morgan fingerprint density at radius 2 is 1.76 bits per heavy atom. The highest BCUT2D eigenvalue weighted by molar-refractivity contribution is 5.80. The minimum absolute atomic E-state index is 0.298. The molecule has 5 heteroatoms. The predicted octanol–water partition coefficient (Wildman–Crippen LogP) is 0.632. The summed E-state index contributed by atoms with van der Waals surface area (Å²) in [7, 11) is 0. The molecule has 1 aromatic carbocycles. The summed E-state index contributed by atoms with van der Waals surface area (Å²) in [6, 6.07) is 6.16. The third kappa shape index (κ3) is 1.89. The lowest BCUT2D eigenvalue weighted by atomic mass is 10.2. The Balaban J connectivity index is 2.81. The van der Waals surface area contributed by atoms with Crippen molar-refractivity contribution in [3.63, 3.8) is 0 Å². The first kappa shape index (κ1) is 11.6. The van der Waals surface area contributed by atoms with Gasteiger partial charge < -0.3 is 5.11 Å². The normalized spacial score (nSPS) is 14.8. The van der Waals surface area contributed by atoms with Crippen LogP contribution in [0.5, 0.6) is 0 Å². The van der Waals surface area contributed by atoms with Crippen molar-refractivity contribution in [1.82, 2.24) is 9.78 Å². The maximum absolute atomic E-state index is 12.1. The molecule has 90 valence electrons. The van der Waals surface area contributed by atoms with E-state index in [1.54, 1.807) is 38.1 Å². The molecule has 0 aliphatic heterocycles. The van der Waals surface area contributed by atoms with Gasteiger partial charge in [-0.1, -0.05) is 12.1 Å². The van der Waals surface area contributed by atoms with Gasteiger partial charge >= 0.3 is 0 Å². The number of nitrogens with one attached hydrogen (secondary N) is 1. The van der Waals surface area contributed by atoms with Crippen molar-refractivity contribution in [3.05, 3.63) is 45.0 Å². The van der Waals surface area contributed by atoms with E-state index in [0.29, 0.717) is 10.8 Å². The van der Waals surface area contributed by atoms with Crippen LogP contribution in [0.2, 0.25) is 0 Å². The van der Waals surface area contributed by atoms with E-state index < -0.39 is 12.1 Å². The van der Waals surface area contributed by atoms with Gasteiger partial charge in [0.2, 0.25) is 0 Å². The molecule has 0 bridgehead atoms. The highest BCUT2D eigenvalue weighted by Crippen LogP contribution is 2.08. The molecule has 0 fully saturated rings. The summed E-state index contributed by atoms with van der Waals surface area (Å²) in [5.41, 5.74) is -0.624. The zero-order valence-electron chi connectivity index (χ0n) is 9.68. The summed E-state index contributed by atoms with van der Waals surface area (Å²) in [6.45, 7) is 3.25. The van der Waals surface area contributed by atoms with Gasteiger partial charge in [0.1, 0.15) is 0 Å². The van der Waals surface area contributed by atoms with E-state index in [9.17, 15) is 14.7 Å². The van der Waals surface area contributed by atoms with E-state index in [-0.39, 0.29) is 11.1 Å². The Morgan fingerprint density at radius 1 is 1.18 bits per heavy atom. The molecule has 0 aliphatic carbocycles. The van der Waals surface area contributed by atoms with Crippen molar-refractivity contribution in [1.29, 1.82) is 0 Å². The number of hydrogen-bond acceptors (Lipinski definition) is 3. The minimum Gasteiger partial charge on any atom is -0.391 e. The molecule has 0 radical (unpaired) electrons. The van der Waals surface area contributed by atoms with Crippen LogP contribution in [0.15, 0.2) is 33.9 Å². The summed E-state index contributed by atoms with van der Waals surface area (Å²) in [6.07, 6.45) is -0.718. The number of aliphatic hydroxyl groups is 1. The van der Waals surface area contributed by atoms with Gasteiger partial charge in [0, 0.05) is 0 Å². The number of aliphatic hydroxyl groups excluding tert-OH is 1. The Kier molecular flexibility index (Phi) is 2.85. The number of H-pyrrole nitrogens is 1. The van der Waals surface area contributed by atoms with Crippen molar-refractivity contribution in [2.75, 3.05) is 0 Å². The van der Waals surface area contributed by atoms with Crippen molar-refractivity contribution in [2.24, 2.45) is 0 Å². The lowest BCUT2D eigenvalue weighted by molar-refractivity contribution is 0.129. The molecular formula is C12H14N2O3. The first-order valence-corrected chi connectivity index (χ1v) is 5.44. The maximum Gasteiger partial charge on any atom is 0.273 e. The summed E-state index contributed by atoms with van der Waals surface area (Å²) < 4.78 is 1.18. The standard InChI is InChI=1S/C12H14N2O3/c1-7(8(2)15)14-12(17)10-6-4-3-5-9(10)11(16)13-14/h3-8,15H,1-2H3,(H,13,16). The fraction of sp³-hybridized carbons (Fsp3) is 0.333. The van der Waals surface area contributed by atoms with Gasteiger partial charge in [-0.3, -0.25) is 14.7 Å². The van der Waals surface area contributed by atoms with Crippen molar-refractivity contribution < 1.29 is 5.11 Å². The molecule has 2 atom stereocenters. The Morgan fingerprint density at radius 3 is 2.35 bits per heavy atom. The molecule has 1 heterocycles. The summed E-state index contributed by atoms with van der Waals surface area (Å²) in [5.74, 6) is 0. The second-order valence-electron chi connectivity index (χ2n) is 4.14. The van der Waals surface area contributed by atoms with Gasteiger partial charge in [-0.2, -0.15) is 0 Å². The number of aromatic amines is 1. The van der Waals surface area contributed by atoms with Crippen molar-refractivity contribution in [2.45, 2.75) is 26.0 Å². The number of benzene rings is 1. The lowest BCUT2D eigenvalue weighted by Crippen LogP contribution is -2.35. The Labute approximate surface area is 97.3 Å². The van der Waals surface area contributed by atoms with Gasteiger partial charge in [0.25, 0.3) is 11.1 Å². The predicted molar refractivity (Wildman–Crippen MR) is 65.2 cm³/mol. The van der Waals surface area contributed by atoms with Crippen molar-refractivity contribution in [3.8, 4) is 0 Å². The van der Waals surface area contributed by atoms with Crippen LogP contribution in [0, 0.1) is 0 Å². The van der Waals surface area contributed by atoms with Gasteiger partial charge in [-0.25, -0.2) is 4.68 Å². The van der Waals surface area contributed by atoms with Gasteiger partial charge in [0.05, 0.1) is 22.9 Å². The van der Waals surface area contributed by atoms with E-state index in [4.69, 9.17) is 0 Å². The summed E-state index contributed by atoms with van der Waals surface area (Å²) >= 11 is 0. The number of fused-ring (bicyclic) bond motifs is 1. The first-order valence-electron chi connectivity index (χ1n) is 5.44. The molecule has 0 saturated heterocycles. The number of nitrogens with zero attached hydrogens (tertiary/aromatic N) is 1. The Bertz CT molecular complexity index is 655. The van der Waals surface area contributed by atoms with Crippen molar-refractivity contribution >= 4 is 10.8 Å². The molecule has 0 aliphatic rings. The van der Waals surface area contributed by atoms with E-state index in [0.717, 1.165) is 0 Å². The average molecular weight is 234 g/mol. The molecule has 2 unspecified atom stereocenters. The number of hydrogen-bond donors (Lipinski definition) is 2. The molecule has 0 saturated carbocycles. The minimum atomic E-state index is -0.718. The quantitative estimate of drug-likeness (QED) is 0.800. The van der Waals surface area contributed by atoms with Crippen LogP contribution < -0.4 is 11.1 Å². The second-order valence-corrected chi connectivity index (χ2v) is 4.14. The topological polar surface area (TPSA) is 75.1 Å². The van der Waals surface area contributed by atoms with Gasteiger partial charge in [0.15, 0.2) is 0 Å². The third-order valence-corrected chi connectivity index (χ3v) is 2.95. The monoisotopic (exact) mass is 234 g/mol. The fourth-order valence-electron chi connectivity index (χ4n) is 1.72. The molecular weight excluding hydrogens is 220 g/mol. The van der Waals surface area contributed by atoms with Crippen LogP contribution in [0.25, 0.3) is 10.8 Å². The van der Waals surface area contributed by atoms with Crippen LogP contribution >= 0.6 is 0 Å². The van der Waals surface area contributed by atoms with Crippen LogP contribution in [-0.4, -0.2) is 21.0 Å². The fourth-order valence-corrected chi connectivity index (χ4v) is 1.72. The summed E-state index contributed by atoms with van der Waals surface area (Å²) in [5, 5.41) is 12.7. The molecule has 2 rings (SSSR count). The molecule has 0 amide bonds. The zero-order chi connectivity index (χ0) is 12.6. The Hall–Kier alpha value is -1.88. The van der Waals surface area contributed by atoms with E-state index >= 15 is 0 Å². The second kappa shape index (κ2) is 4.18. The van der Waals surface area contributed by atoms with Crippen LogP contribution in [0.1, 0.15) is 19.9 Å². The maximum atomic E-state index is 12.1. The molecule has 1 aromatic heterocycles. The third-order valence-electron chi connectivity index (χ3n) is 2.95. The first-order chi connectivity index (χ1) is 8.02. The molecule has 17 heavy (non-hydrogen) atoms. The number of aromatic nitrogens is 2. The highest BCUT2D eigenvalue weighted by atomic mass is 16.3. The van der Waals surface area contributed by atoms with Crippen LogP contribution in [-0.2, 0) is 0 Å². The van der Waals surface area contributed by atoms with Gasteiger partial charge in [-0.15, -0.1) is 0 Å². The van der Waals surface area contributed by atoms with E-state index in [1.807, 2.05) is 0 Å². The van der Waals surface area contributed by atoms with Gasteiger partial charge in [-0.05, 0) is 26.0 Å². The van der Waals surface area contributed by atoms with Crippen LogP contribution in [0.4, 0.5) is 0 Å². The molecule has 0 spiro atoms. The largest absolute Gasteiger partial charge is 0.391 e.